The van der Waals surface area contributed by atoms with Gasteiger partial charge in [0.15, 0.2) is 0 Å². The van der Waals surface area contributed by atoms with Crippen LogP contribution < -0.4 is 4.90 Å². The van der Waals surface area contributed by atoms with E-state index < -0.39 is 0 Å². The van der Waals surface area contributed by atoms with Crippen molar-refractivity contribution in [2.24, 2.45) is 5.92 Å². The van der Waals surface area contributed by atoms with Crippen LogP contribution in [0.3, 0.4) is 0 Å². The average molecular weight is 300 g/mol. The minimum absolute atomic E-state index is 0.541. The van der Waals surface area contributed by atoms with Gasteiger partial charge in [-0.3, -0.25) is 4.90 Å². The molecule has 0 amide bonds. The lowest BCUT2D eigenvalue weighted by Gasteiger charge is -2.33. The first-order chi connectivity index (χ1) is 10.6. The third-order valence-electron chi connectivity index (χ3n) is 4.36. The van der Waals surface area contributed by atoms with Crippen molar-refractivity contribution < 1.29 is 0 Å². The maximum absolute atomic E-state index is 4.49. The summed E-state index contributed by atoms with van der Waals surface area (Å²) in [4.78, 5) is 13.3. The number of hydrogen-bond donors (Lipinski definition) is 0. The Morgan fingerprint density at radius 1 is 1.09 bits per heavy atom. The fourth-order valence-electron chi connectivity index (χ4n) is 2.83. The number of hydrogen-bond acceptors (Lipinski definition) is 4. The van der Waals surface area contributed by atoms with Gasteiger partial charge in [0, 0.05) is 31.4 Å². The van der Waals surface area contributed by atoms with Crippen LogP contribution in [0, 0.1) is 17.8 Å². The number of aromatic nitrogens is 2. The maximum atomic E-state index is 4.49. The molecule has 0 N–H and O–H groups in total. The van der Waals surface area contributed by atoms with Gasteiger partial charge in [-0.25, -0.2) is 9.97 Å². The number of anilines is 1. The van der Waals surface area contributed by atoms with Gasteiger partial charge in [0.25, 0.3) is 0 Å². The van der Waals surface area contributed by atoms with Gasteiger partial charge in [0.05, 0.1) is 6.54 Å². The van der Waals surface area contributed by atoms with Crippen molar-refractivity contribution in [2.75, 3.05) is 32.6 Å². The normalized spacial score (nSPS) is 21.3. The lowest BCUT2D eigenvalue weighted by Crippen LogP contribution is -2.36. The molecule has 120 valence electrons. The molecule has 0 bridgehead atoms. The molecule has 1 heterocycles. The topological polar surface area (TPSA) is 32.3 Å². The van der Waals surface area contributed by atoms with Crippen molar-refractivity contribution in [1.29, 1.82) is 0 Å². The Balaban J connectivity index is 1.85. The van der Waals surface area contributed by atoms with Crippen LogP contribution in [0.15, 0.2) is 12.4 Å². The van der Waals surface area contributed by atoms with E-state index in [1.54, 1.807) is 0 Å². The van der Waals surface area contributed by atoms with Crippen molar-refractivity contribution in [1.82, 2.24) is 14.9 Å². The lowest BCUT2D eigenvalue weighted by atomic mass is 9.86. The summed E-state index contributed by atoms with van der Waals surface area (Å²) < 4.78 is 0. The molecule has 1 fully saturated rings. The molecule has 1 saturated carbocycles. The number of aryl methyl sites for hydroxylation is 1. The van der Waals surface area contributed by atoms with Gasteiger partial charge in [0.1, 0.15) is 0 Å². The Morgan fingerprint density at radius 2 is 1.73 bits per heavy atom. The summed E-state index contributed by atoms with van der Waals surface area (Å²) in [5, 5.41) is 0. The highest BCUT2D eigenvalue weighted by Gasteiger charge is 2.24. The van der Waals surface area contributed by atoms with Crippen LogP contribution in [0.2, 0.25) is 0 Å². The van der Waals surface area contributed by atoms with E-state index >= 15 is 0 Å². The molecule has 0 atom stereocenters. The Bertz CT molecular complexity index is 504. The second-order valence-electron chi connectivity index (χ2n) is 6.42. The Kier molecular flexibility index (Phi) is 6.21. The smallest absolute Gasteiger partial charge is 0.225 e. The van der Waals surface area contributed by atoms with Crippen LogP contribution in [-0.4, -0.2) is 48.6 Å². The number of rotatable bonds is 4. The minimum atomic E-state index is 0.541. The molecule has 0 spiro atoms. The van der Waals surface area contributed by atoms with Crippen LogP contribution in [0.1, 0.15) is 38.2 Å². The van der Waals surface area contributed by atoms with Gasteiger partial charge in [0.2, 0.25) is 5.95 Å². The SMILES string of the molecule is CCc1cnc(N(C)[C@H]2CC[C@H](C#CCN(C)C)CC2)nc1. The monoisotopic (exact) mass is 300 g/mol. The van der Waals surface area contributed by atoms with Crippen LogP contribution in [-0.2, 0) is 6.42 Å². The Hall–Kier alpha value is -1.60. The molecule has 1 aromatic rings. The fraction of sp³-hybridized carbons (Fsp3) is 0.667. The van der Waals surface area contributed by atoms with E-state index in [4.69, 9.17) is 0 Å². The molecular weight excluding hydrogens is 272 g/mol. The highest BCUT2D eigenvalue weighted by atomic mass is 15.2. The summed E-state index contributed by atoms with van der Waals surface area (Å²) in [6, 6.07) is 0.541. The minimum Gasteiger partial charge on any atom is -0.341 e. The summed E-state index contributed by atoms with van der Waals surface area (Å²) in [5.41, 5.74) is 1.19. The molecule has 1 aliphatic carbocycles. The molecule has 4 heteroatoms. The third kappa shape index (κ3) is 4.71. The Morgan fingerprint density at radius 3 is 2.27 bits per heavy atom. The molecule has 2 rings (SSSR count). The van der Waals surface area contributed by atoms with E-state index in [9.17, 15) is 0 Å². The molecule has 0 aliphatic heterocycles. The summed E-state index contributed by atoms with van der Waals surface area (Å²) >= 11 is 0. The predicted octanol–water partition coefficient (Wildman–Crippen LogP) is 2.60. The van der Waals surface area contributed by atoms with E-state index in [2.05, 4.69) is 59.7 Å². The molecule has 4 nitrogen and oxygen atoms in total. The average Bonchev–Trinajstić information content (AvgIpc) is 2.54. The van der Waals surface area contributed by atoms with Gasteiger partial charge in [-0.2, -0.15) is 0 Å². The summed E-state index contributed by atoms with van der Waals surface area (Å²) in [6.07, 6.45) is 9.59. The summed E-state index contributed by atoms with van der Waals surface area (Å²) in [7, 11) is 6.23. The molecular formula is C18H28N4. The first-order valence-corrected chi connectivity index (χ1v) is 8.27. The molecule has 22 heavy (non-hydrogen) atoms. The van der Waals surface area contributed by atoms with Gasteiger partial charge in [-0.1, -0.05) is 18.8 Å². The molecule has 1 aliphatic rings. The predicted molar refractivity (Wildman–Crippen MR) is 91.9 cm³/mol. The zero-order valence-corrected chi connectivity index (χ0v) is 14.3. The van der Waals surface area contributed by atoms with Crippen molar-refractivity contribution in [3.63, 3.8) is 0 Å². The number of nitrogens with zero attached hydrogens (tertiary/aromatic N) is 4. The molecule has 0 aromatic carbocycles. The van der Waals surface area contributed by atoms with Crippen LogP contribution >= 0.6 is 0 Å². The van der Waals surface area contributed by atoms with Gasteiger partial charge >= 0.3 is 0 Å². The first kappa shape index (κ1) is 16.8. The molecule has 1 aromatic heterocycles. The van der Waals surface area contributed by atoms with Gasteiger partial charge < -0.3 is 4.90 Å². The maximum Gasteiger partial charge on any atom is 0.225 e. The highest BCUT2D eigenvalue weighted by Crippen LogP contribution is 2.28. The van der Waals surface area contributed by atoms with Crippen molar-refractivity contribution in [2.45, 2.75) is 45.1 Å². The van der Waals surface area contributed by atoms with Crippen molar-refractivity contribution in [3.8, 4) is 11.8 Å². The van der Waals surface area contributed by atoms with Crippen molar-refractivity contribution in [3.05, 3.63) is 18.0 Å². The molecule has 0 saturated heterocycles. The summed E-state index contributed by atoms with van der Waals surface area (Å²) in [6.45, 7) is 2.98. The van der Waals surface area contributed by atoms with E-state index in [-0.39, 0.29) is 0 Å². The summed E-state index contributed by atoms with van der Waals surface area (Å²) in [5.74, 6) is 8.12. The zero-order chi connectivity index (χ0) is 15.9. The second-order valence-corrected chi connectivity index (χ2v) is 6.42. The standard InChI is InChI=1S/C18H28N4/c1-5-15-13-19-18(20-14-15)22(4)17-10-8-16(9-11-17)7-6-12-21(2)3/h13-14,16-17H,5,8-12H2,1-4H3/t16-,17-. The van der Waals surface area contributed by atoms with Crippen LogP contribution in [0.4, 0.5) is 5.95 Å². The van der Waals surface area contributed by atoms with Gasteiger partial charge in [-0.05, 0) is 51.8 Å². The fourth-order valence-corrected chi connectivity index (χ4v) is 2.83. The highest BCUT2D eigenvalue weighted by molar-refractivity contribution is 5.30. The van der Waals surface area contributed by atoms with Gasteiger partial charge in [-0.15, -0.1) is 0 Å². The van der Waals surface area contributed by atoms with E-state index in [0.717, 1.165) is 18.9 Å². The zero-order valence-electron chi connectivity index (χ0n) is 14.3. The van der Waals surface area contributed by atoms with Crippen molar-refractivity contribution >= 4 is 5.95 Å². The van der Waals surface area contributed by atoms with Crippen LogP contribution in [0.5, 0.6) is 0 Å². The van der Waals surface area contributed by atoms with E-state index in [1.807, 2.05) is 12.4 Å². The first-order valence-electron chi connectivity index (χ1n) is 8.27. The Labute approximate surface area is 134 Å². The largest absolute Gasteiger partial charge is 0.341 e. The van der Waals surface area contributed by atoms with E-state index in [1.165, 1.54) is 31.2 Å². The lowest BCUT2D eigenvalue weighted by molar-refractivity contribution is 0.371. The van der Waals surface area contributed by atoms with Crippen LogP contribution in [0.25, 0.3) is 0 Å². The molecule has 0 unspecified atom stereocenters. The quantitative estimate of drug-likeness (QED) is 0.800. The third-order valence-corrected chi connectivity index (χ3v) is 4.36. The second kappa shape index (κ2) is 8.14. The van der Waals surface area contributed by atoms with E-state index in [0.29, 0.717) is 12.0 Å². The molecule has 0 radical (unpaired) electrons.